The van der Waals surface area contributed by atoms with Crippen LogP contribution in [-0.4, -0.2) is 6.54 Å². The van der Waals surface area contributed by atoms with Crippen molar-refractivity contribution in [1.82, 2.24) is 0 Å². The molecule has 0 aliphatic rings. The highest BCUT2D eigenvalue weighted by Crippen LogP contribution is 2.43. The van der Waals surface area contributed by atoms with E-state index in [2.05, 4.69) is 121 Å². The molecule has 4 rings (SSSR count). The molecule has 0 aliphatic heterocycles. The average Bonchev–Trinajstić information content (AvgIpc) is 2.81. The molecule has 0 amide bonds. The van der Waals surface area contributed by atoms with Gasteiger partial charge in [0.1, 0.15) is 0 Å². The number of hydrogen-bond donors (Lipinski definition) is 1. The van der Waals surface area contributed by atoms with E-state index < -0.39 is 0 Å². The Labute approximate surface area is 173 Å². The van der Waals surface area contributed by atoms with Gasteiger partial charge in [-0.15, -0.1) is 0 Å². The lowest BCUT2D eigenvalue weighted by molar-refractivity contribution is 0.426. The van der Waals surface area contributed by atoms with Crippen LogP contribution in [0.5, 0.6) is 0 Å². The molecular formula is C28H27N. The van der Waals surface area contributed by atoms with Gasteiger partial charge in [-0.2, -0.15) is 0 Å². The highest BCUT2D eigenvalue weighted by Gasteiger charge is 2.32. The molecule has 1 nitrogen and oxygen atoms in total. The molecule has 1 heteroatoms. The second kappa shape index (κ2) is 9.36. The molecular weight excluding hydrogens is 350 g/mol. The Morgan fingerprint density at radius 1 is 0.414 bits per heavy atom. The lowest BCUT2D eigenvalue weighted by Gasteiger charge is -2.34. The Hall–Kier alpha value is -3.16. The van der Waals surface area contributed by atoms with Gasteiger partial charge in [0, 0.05) is 11.8 Å². The molecule has 4 aromatic rings. The minimum absolute atomic E-state index is 0.216. The summed E-state index contributed by atoms with van der Waals surface area (Å²) in [6, 6.07) is 43.1. The molecule has 0 unspecified atom stereocenters. The lowest BCUT2D eigenvalue weighted by atomic mass is 9.70. The monoisotopic (exact) mass is 377 g/mol. The van der Waals surface area contributed by atoms with E-state index in [-0.39, 0.29) is 17.8 Å². The smallest absolute Gasteiger partial charge is 0.0139 e. The SMILES string of the molecule is NCC(C(c1ccccc1)c1ccccc1)C(c1ccccc1)c1ccccc1. The fourth-order valence-electron chi connectivity index (χ4n) is 4.48. The van der Waals surface area contributed by atoms with Crippen molar-refractivity contribution in [3.63, 3.8) is 0 Å². The number of nitrogens with two attached hydrogens (primary N) is 1. The van der Waals surface area contributed by atoms with Crippen LogP contribution in [0, 0.1) is 5.92 Å². The van der Waals surface area contributed by atoms with Crippen LogP contribution in [0.4, 0.5) is 0 Å². The van der Waals surface area contributed by atoms with Crippen molar-refractivity contribution in [2.24, 2.45) is 11.7 Å². The predicted molar refractivity (Wildman–Crippen MR) is 122 cm³/mol. The van der Waals surface area contributed by atoms with E-state index in [1.54, 1.807) is 0 Å². The van der Waals surface area contributed by atoms with Crippen molar-refractivity contribution in [3.05, 3.63) is 144 Å². The largest absolute Gasteiger partial charge is 0.330 e. The van der Waals surface area contributed by atoms with E-state index in [1.807, 2.05) is 0 Å². The highest BCUT2D eigenvalue weighted by molar-refractivity contribution is 5.40. The van der Waals surface area contributed by atoms with E-state index in [9.17, 15) is 0 Å². The molecule has 144 valence electrons. The molecule has 0 radical (unpaired) electrons. The maximum absolute atomic E-state index is 6.52. The van der Waals surface area contributed by atoms with Gasteiger partial charge in [0.25, 0.3) is 0 Å². The molecule has 29 heavy (non-hydrogen) atoms. The third-order valence-corrected chi connectivity index (χ3v) is 5.76. The molecule has 0 atom stereocenters. The van der Waals surface area contributed by atoms with Crippen molar-refractivity contribution in [2.75, 3.05) is 6.54 Å². The van der Waals surface area contributed by atoms with Gasteiger partial charge >= 0.3 is 0 Å². The van der Waals surface area contributed by atoms with Gasteiger partial charge in [-0.3, -0.25) is 0 Å². The first kappa shape index (κ1) is 19.2. The van der Waals surface area contributed by atoms with Gasteiger partial charge in [-0.1, -0.05) is 121 Å². The zero-order valence-electron chi connectivity index (χ0n) is 16.6. The van der Waals surface area contributed by atoms with Crippen molar-refractivity contribution in [3.8, 4) is 0 Å². The zero-order chi connectivity index (χ0) is 19.9. The second-order valence-corrected chi connectivity index (χ2v) is 7.50. The van der Waals surface area contributed by atoms with Crippen molar-refractivity contribution in [2.45, 2.75) is 11.8 Å². The summed E-state index contributed by atoms with van der Waals surface area (Å²) in [6.45, 7) is 0.600. The number of benzene rings is 4. The van der Waals surface area contributed by atoms with Gasteiger partial charge in [0.2, 0.25) is 0 Å². The summed E-state index contributed by atoms with van der Waals surface area (Å²) in [7, 11) is 0. The van der Waals surface area contributed by atoms with E-state index in [4.69, 9.17) is 5.73 Å². The van der Waals surface area contributed by atoms with Crippen LogP contribution in [-0.2, 0) is 0 Å². The predicted octanol–water partition coefficient (Wildman–Crippen LogP) is 6.23. The minimum Gasteiger partial charge on any atom is -0.330 e. The summed E-state index contributed by atoms with van der Waals surface area (Å²) < 4.78 is 0. The van der Waals surface area contributed by atoms with Gasteiger partial charge in [-0.25, -0.2) is 0 Å². The molecule has 0 saturated carbocycles. The Balaban J connectivity index is 1.88. The summed E-state index contributed by atoms with van der Waals surface area (Å²) in [5.41, 5.74) is 11.8. The fourth-order valence-corrected chi connectivity index (χ4v) is 4.48. The quantitative estimate of drug-likeness (QED) is 0.406. The average molecular weight is 378 g/mol. The van der Waals surface area contributed by atoms with E-state index in [1.165, 1.54) is 22.3 Å². The number of rotatable bonds is 7. The molecule has 0 spiro atoms. The Morgan fingerprint density at radius 2 is 0.655 bits per heavy atom. The van der Waals surface area contributed by atoms with Gasteiger partial charge in [0.15, 0.2) is 0 Å². The first-order chi connectivity index (χ1) is 14.4. The topological polar surface area (TPSA) is 26.0 Å². The minimum atomic E-state index is 0.216. The van der Waals surface area contributed by atoms with Crippen molar-refractivity contribution in [1.29, 1.82) is 0 Å². The fraction of sp³-hybridized carbons (Fsp3) is 0.143. The third-order valence-electron chi connectivity index (χ3n) is 5.76. The lowest BCUT2D eigenvalue weighted by Crippen LogP contribution is -2.30. The van der Waals surface area contributed by atoms with Gasteiger partial charge in [-0.05, 0) is 34.7 Å². The Bertz CT molecular complexity index is 819. The van der Waals surface area contributed by atoms with Gasteiger partial charge in [0.05, 0.1) is 0 Å². The van der Waals surface area contributed by atoms with Crippen LogP contribution in [0.15, 0.2) is 121 Å². The van der Waals surface area contributed by atoms with Crippen molar-refractivity contribution < 1.29 is 0 Å². The van der Waals surface area contributed by atoms with Crippen LogP contribution >= 0.6 is 0 Å². The van der Waals surface area contributed by atoms with Gasteiger partial charge < -0.3 is 5.73 Å². The molecule has 0 bridgehead atoms. The third kappa shape index (κ3) is 4.31. The molecule has 2 N–H and O–H groups in total. The van der Waals surface area contributed by atoms with Crippen LogP contribution in [0.25, 0.3) is 0 Å². The highest BCUT2D eigenvalue weighted by atomic mass is 14.6. The second-order valence-electron chi connectivity index (χ2n) is 7.50. The zero-order valence-corrected chi connectivity index (χ0v) is 16.6. The normalized spacial score (nSPS) is 11.3. The maximum Gasteiger partial charge on any atom is 0.0139 e. The van der Waals surface area contributed by atoms with Crippen LogP contribution in [0.2, 0.25) is 0 Å². The summed E-state index contributed by atoms with van der Waals surface area (Å²) in [5, 5.41) is 0. The molecule has 0 aliphatic carbocycles. The summed E-state index contributed by atoms with van der Waals surface area (Å²) in [6.07, 6.45) is 0. The van der Waals surface area contributed by atoms with E-state index in [0.717, 1.165) is 0 Å². The van der Waals surface area contributed by atoms with E-state index >= 15 is 0 Å². The molecule has 0 saturated heterocycles. The van der Waals surface area contributed by atoms with E-state index in [0.29, 0.717) is 6.54 Å². The maximum atomic E-state index is 6.52. The molecule has 4 aromatic carbocycles. The van der Waals surface area contributed by atoms with Crippen LogP contribution < -0.4 is 5.73 Å². The standard InChI is InChI=1S/C28H27N/c29-21-26(27(22-13-5-1-6-14-22)23-15-7-2-8-16-23)28(24-17-9-3-10-18-24)25-19-11-4-12-20-25/h1-20,26-28H,21,29H2. The van der Waals surface area contributed by atoms with Crippen LogP contribution in [0.1, 0.15) is 34.1 Å². The molecule has 0 aromatic heterocycles. The van der Waals surface area contributed by atoms with Crippen molar-refractivity contribution >= 4 is 0 Å². The Morgan fingerprint density at radius 3 is 0.862 bits per heavy atom. The molecule has 0 fully saturated rings. The summed E-state index contributed by atoms with van der Waals surface area (Å²) in [5.74, 6) is 0.658. The first-order valence-electron chi connectivity index (χ1n) is 10.3. The summed E-state index contributed by atoms with van der Waals surface area (Å²) in [4.78, 5) is 0. The Kier molecular flexibility index (Phi) is 6.19. The number of hydrogen-bond acceptors (Lipinski definition) is 1. The summed E-state index contributed by atoms with van der Waals surface area (Å²) >= 11 is 0. The molecule has 0 heterocycles. The first-order valence-corrected chi connectivity index (χ1v) is 10.3. The van der Waals surface area contributed by atoms with Crippen LogP contribution in [0.3, 0.4) is 0 Å².